The highest BCUT2D eigenvalue weighted by molar-refractivity contribution is 5.76. The summed E-state index contributed by atoms with van der Waals surface area (Å²) in [4.78, 5) is 16.1. The number of urea groups is 1. The minimum absolute atomic E-state index is 0.117. The first-order valence-electron chi connectivity index (χ1n) is 6.93. The summed E-state index contributed by atoms with van der Waals surface area (Å²) in [7, 11) is 1.76. The molecule has 102 valence electrons. The fourth-order valence-corrected chi connectivity index (χ4v) is 3.30. The largest absolute Gasteiger partial charge is 0.381 e. The van der Waals surface area contributed by atoms with Crippen molar-refractivity contribution < 1.29 is 14.3 Å². The zero-order chi connectivity index (χ0) is 12.6. The van der Waals surface area contributed by atoms with Gasteiger partial charge in [-0.15, -0.1) is 0 Å². The molecule has 3 saturated heterocycles. The Labute approximate surface area is 108 Å². The molecule has 3 rings (SSSR count). The van der Waals surface area contributed by atoms with Crippen molar-refractivity contribution in [3.63, 3.8) is 0 Å². The average molecular weight is 254 g/mol. The Hall–Kier alpha value is -0.810. The van der Waals surface area contributed by atoms with Crippen LogP contribution < -0.4 is 0 Å². The van der Waals surface area contributed by atoms with E-state index in [2.05, 4.69) is 0 Å². The van der Waals surface area contributed by atoms with Gasteiger partial charge in [-0.25, -0.2) is 4.79 Å². The van der Waals surface area contributed by atoms with E-state index in [1.165, 1.54) is 0 Å². The molecule has 3 aliphatic heterocycles. The van der Waals surface area contributed by atoms with Gasteiger partial charge in [0, 0.05) is 33.2 Å². The molecule has 1 unspecified atom stereocenters. The van der Waals surface area contributed by atoms with Crippen molar-refractivity contribution in [3.05, 3.63) is 0 Å². The zero-order valence-corrected chi connectivity index (χ0v) is 11.1. The number of ether oxygens (including phenoxy) is 2. The summed E-state index contributed by atoms with van der Waals surface area (Å²) in [6.45, 7) is 4.07. The molecule has 0 bridgehead atoms. The third-order valence-electron chi connectivity index (χ3n) is 4.39. The van der Waals surface area contributed by atoms with E-state index in [1.54, 1.807) is 7.11 Å². The number of carbonyl (C=O) groups excluding carboxylic acids is 1. The van der Waals surface area contributed by atoms with Gasteiger partial charge < -0.3 is 19.3 Å². The molecule has 0 aliphatic carbocycles. The predicted octanol–water partition coefficient (Wildman–Crippen LogP) is 1.08. The molecular weight excluding hydrogens is 232 g/mol. The van der Waals surface area contributed by atoms with E-state index >= 15 is 0 Å². The Morgan fingerprint density at radius 1 is 1.28 bits per heavy atom. The molecule has 1 spiro atoms. The summed E-state index contributed by atoms with van der Waals surface area (Å²) in [5.74, 6) is 0. The van der Waals surface area contributed by atoms with Crippen LogP contribution in [0.5, 0.6) is 0 Å². The van der Waals surface area contributed by atoms with E-state index < -0.39 is 0 Å². The fourth-order valence-electron chi connectivity index (χ4n) is 3.30. The second-order valence-corrected chi connectivity index (χ2v) is 5.71. The molecule has 0 saturated carbocycles. The standard InChI is InChI=1S/C13H22N2O3/c1-17-11-4-7-18-13(8-11)9-15(10-13)12(16)14-5-2-3-6-14/h11H,2-10H2,1H3. The van der Waals surface area contributed by atoms with Gasteiger partial charge in [-0.05, 0) is 19.3 Å². The normalized spacial score (nSPS) is 30.6. The first kappa shape index (κ1) is 12.2. The molecule has 2 amide bonds. The molecule has 5 nitrogen and oxygen atoms in total. The lowest BCUT2D eigenvalue weighted by Crippen LogP contribution is -2.68. The highest BCUT2D eigenvalue weighted by Gasteiger charge is 2.50. The minimum Gasteiger partial charge on any atom is -0.381 e. The topological polar surface area (TPSA) is 42.0 Å². The van der Waals surface area contributed by atoms with E-state index in [0.717, 1.165) is 58.5 Å². The van der Waals surface area contributed by atoms with Gasteiger partial charge in [-0.2, -0.15) is 0 Å². The number of carbonyl (C=O) groups is 1. The monoisotopic (exact) mass is 254 g/mol. The number of likely N-dealkylation sites (tertiary alicyclic amines) is 2. The van der Waals surface area contributed by atoms with Gasteiger partial charge in [0.25, 0.3) is 0 Å². The van der Waals surface area contributed by atoms with Crippen LogP contribution >= 0.6 is 0 Å². The molecule has 5 heteroatoms. The quantitative estimate of drug-likeness (QED) is 0.703. The van der Waals surface area contributed by atoms with Gasteiger partial charge >= 0.3 is 6.03 Å². The van der Waals surface area contributed by atoms with E-state index in [9.17, 15) is 4.79 Å². The number of hydrogen-bond acceptors (Lipinski definition) is 3. The second-order valence-electron chi connectivity index (χ2n) is 5.71. The molecule has 3 heterocycles. The third-order valence-corrected chi connectivity index (χ3v) is 4.39. The number of hydrogen-bond donors (Lipinski definition) is 0. The lowest BCUT2D eigenvalue weighted by Gasteiger charge is -2.53. The van der Waals surface area contributed by atoms with Crippen LogP contribution in [0.25, 0.3) is 0 Å². The molecule has 0 aromatic carbocycles. The first-order chi connectivity index (χ1) is 8.72. The van der Waals surface area contributed by atoms with Gasteiger partial charge in [-0.3, -0.25) is 0 Å². The Morgan fingerprint density at radius 3 is 2.67 bits per heavy atom. The van der Waals surface area contributed by atoms with Crippen LogP contribution in [0.3, 0.4) is 0 Å². The molecule has 18 heavy (non-hydrogen) atoms. The summed E-state index contributed by atoms with van der Waals surface area (Å²) >= 11 is 0. The van der Waals surface area contributed by atoms with Gasteiger partial charge in [0.2, 0.25) is 0 Å². The summed E-state index contributed by atoms with van der Waals surface area (Å²) in [6, 6.07) is 0.196. The zero-order valence-electron chi connectivity index (χ0n) is 11.1. The summed E-state index contributed by atoms with van der Waals surface area (Å²) < 4.78 is 11.3. The van der Waals surface area contributed by atoms with E-state index in [4.69, 9.17) is 9.47 Å². The van der Waals surface area contributed by atoms with Crippen LogP contribution in [0.2, 0.25) is 0 Å². The maximum atomic E-state index is 12.2. The Balaban J connectivity index is 1.53. The van der Waals surface area contributed by atoms with Crippen LogP contribution in [-0.4, -0.2) is 67.4 Å². The van der Waals surface area contributed by atoms with Crippen LogP contribution in [-0.2, 0) is 9.47 Å². The third kappa shape index (κ3) is 2.10. The average Bonchev–Trinajstić information content (AvgIpc) is 2.89. The fraction of sp³-hybridized carbons (Fsp3) is 0.923. The van der Waals surface area contributed by atoms with Crippen LogP contribution in [0.15, 0.2) is 0 Å². The molecule has 0 N–H and O–H groups in total. The predicted molar refractivity (Wildman–Crippen MR) is 66.5 cm³/mol. The van der Waals surface area contributed by atoms with Crippen LogP contribution in [0.1, 0.15) is 25.7 Å². The molecule has 0 radical (unpaired) electrons. The van der Waals surface area contributed by atoms with Crippen molar-refractivity contribution in [2.45, 2.75) is 37.4 Å². The van der Waals surface area contributed by atoms with E-state index in [-0.39, 0.29) is 11.6 Å². The summed E-state index contributed by atoms with van der Waals surface area (Å²) in [6.07, 6.45) is 4.48. The Kier molecular flexibility index (Phi) is 3.20. The molecule has 3 aliphatic rings. The van der Waals surface area contributed by atoms with Crippen molar-refractivity contribution in [2.24, 2.45) is 0 Å². The lowest BCUT2D eigenvalue weighted by atomic mass is 9.85. The Morgan fingerprint density at radius 2 is 2.00 bits per heavy atom. The smallest absolute Gasteiger partial charge is 0.320 e. The van der Waals surface area contributed by atoms with Crippen molar-refractivity contribution in [3.8, 4) is 0 Å². The van der Waals surface area contributed by atoms with E-state index in [0.29, 0.717) is 6.10 Å². The number of methoxy groups -OCH3 is 1. The van der Waals surface area contributed by atoms with Crippen molar-refractivity contribution in [1.29, 1.82) is 0 Å². The highest BCUT2D eigenvalue weighted by atomic mass is 16.5. The van der Waals surface area contributed by atoms with Crippen molar-refractivity contribution >= 4 is 6.03 Å². The van der Waals surface area contributed by atoms with Crippen molar-refractivity contribution in [1.82, 2.24) is 9.80 Å². The maximum Gasteiger partial charge on any atom is 0.320 e. The lowest BCUT2D eigenvalue weighted by molar-refractivity contribution is -0.182. The second kappa shape index (κ2) is 4.70. The van der Waals surface area contributed by atoms with Gasteiger partial charge in [0.15, 0.2) is 0 Å². The van der Waals surface area contributed by atoms with Gasteiger partial charge in [0.1, 0.15) is 5.60 Å². The first-order valence-corrected chi connectivity index (χ1v) is 6.93. The highest BCUT2D eigenvalue weighted by Crippen LogP contribution is 2.35. The SMILES string of the molecule is COC1CCOC2(C1)CN(C(=O)N1CCCC1)C2. The summed E-state index contributed by atoms with van der Waals surface area (Å²) in [5.41, 5.74) is -0.117. The number of amides is 2. The van der Waals surface area contributed by atoms with E-state index in [1.807, 2.05) is 9.80 Å². The number of rotatable bonds is 1. The molecule has 0 aromatic rings. The van der Waals surface area contributed by atoms with Crippen LogP contribution in [0.4, 0.5) is 4.79 Å². The summed E-state index contributed by atoms with van der Waals surface area (Å²) in [5, 5.41) is 0. The molecule has 1 atom stereocenters. The van der Waals surface area contributed by atoms with Gasteiger partial charge in [-0.1, -0.05) is 0 Å². The molecular formula is C13H22N2O3. The number of nitrogens with zero attached hydrogens (tertiary/aromatic N) is 2. The Bertz CT molecular complexity index is 322. The maximum absolute atomic E-state index is 12.2. The molecule has 3 fully saturated rings. The minimum atomic E-state index is -0.117. The molecule has 0 aromatic heterocycles. The van der Waals surface area contributed by atoms with Crippen LogP contribution in [0, 0.1) is 0 Å². The van der Waals surface area contributed by atoms with Crippen molar-refractivity contribution in [2.75, 3.05) is 39.9 Å². The van der Waals surface area contributed by atoms with Gasteiger partial charge in [0.05, 0.1) is 19.2 Å².